The molecule has 0 bridgehead atoms. The number of piperazine rings is 1. The maximum atomic E-state index is 12.5. The van der Waals surface area contributed by atoms with Gasteiger partial charge in [0.05, 0.1) is 26.2 Å². The van der Waals surface area contributed by atoms with Gasteiger partial charge in [-0.2, -0.15) is 4.99 Å². The van der Waals surface area contributed by atoms with E-state index in [1.807, 2.05) is 12.1 Å². The summed E-state index contributed by atoms with van der Waals surface area (Å²) in [5.74, 6) is 0.744. The predicted octanol–water partition coefficient (Wildman–Crippen LogP) is 1.27. The molecular formula is C24H34ClN5O6S. The molecule has 2 aromatic rings. The number of carbonyl (C=O) groups is 1. The Bertz CT molecular complexity index is 1240. The maximum Gasteiger partial charge on any atom is 0.280 e. The van der Waals surface area contributed by atoms with Gasteiger partial charge >= 0.3 is 0 Å². The third-order valence-electron chi connectivity index (χ3n) is 5.98. The largest absolute Gasteiger partial charge is 0.493 e. The zero-order chi connectivity index (χ0) is 26.5. The minimum Gasteiger partial charge on any atom is -0.493 e. The molecule has 0 aromatic heterocycles. The first-order chi connectivity index (χ1) is 17.1. The van der Waals surface area contributed by atoms with Crippen LogP contribution in [0.15, 0.2) is 40.2 Å². The van der Waals surface area contributed by atoms with Crippen LogP contribution in [0.25, 0.3) is 0 Å². The van der Waals surface area contributed by atoms with Gasteiger partial charge in [0.25, 0.3) is 5.91 Å². The second-order valence-electron chi connectivity index (χ2n) is 8.48. The summed E-state index contributed by atoms with van der Waals surface area (Å²) >= 11 is 0. The number of methoxy groups -OCH3 is 3. The molecule has 0 aliphatic carbocycles. The first-order valence-electron chi connectivity index (χ1n) is 11.3. The summed E-state index contributed by atoms with van der Waals surface area (Å²) in [6.07, 6.45) is 1.12. The van der Waals surface area contributed by atoms with Crippen LogP contribution in [0.5, 0.6) is 17.2 Å². The Balaban J connectivity index is 0.00000481. The third-order valence-corrected chi connectivity index (χ3v) is 7.16. The van der Waals surface area contributed by atoms with Crippen molar-refractivity contribution in [2.75, 3.05) is 53.8 Å². The van der Waals surface area contributed by atoms with E-state index in [1.54, 1.807) is 33.5 Å². The number of benzene rings is 2. The van der Waals surface area contributed by atoms with Crippen molar-refractivity contribution >= 4 is 34.1 Å². The van der Waals surface area contributed by atoms with Crippen molar-refractivity contribution in [3.8, 4) is 17.2 Å². The van der Waals surface area contributed by atoms with Crippen molar-refractivity contribution in [2.45, 2.75) is 18.0 Å². The van der Waals surface area contributed by atoms with E-state index in [4.69, 9.17) is 25.7 Å². The lowest BCUT2D eigenvalue weighted by atomic mass is 10.1. The first-order valence-corrected chi connectivity index (χ1v) is 13.2. The third kappa shape index (κ3) is 7.48. The molecule has 1 amide bonds. The number of guanidine groups is 1. The highest BCUT2D eigenvalue weighted by Crippen LogP contribution is 2.40. The predicted molar refractivity (Wildman–Crippen MR) is 144 cm³/mol. The molecule has 37 heavy (non-hydrogen) atoms. The Kier molecular flexibility index (Phi) is 10.6. The standard InChI is InChI=1S/C24H33N5O6S.ClH/c1-33-19-8-7-18(21(34-2)22(19)35-3)15-29-11-9-28(10-12-29)14-17-6-5-16(23(30)27-24(25)26)13-20(17)36(4,31)32;/h5-8,13H,9-12,14-15H2,1-4H3,(H4,25,26,27,30);1H. The van der Waals surface area contributed by atoms with E-state index in [0.29, 0.717) is 35.9 Å². The molecule has 0 atom stereocenters. The van der Waals surface area contributed by atoms with Gasteiger partial charge in [0.1, 0.15) is 0 Å². The molecule has 1 saturated heterocycles. The number of amides is 1. The molecule has 11 nitrogen and oxygen atoms in total. The summed E-state index contributed by atoms with van der Waals surface area (Å²) in [6.45, 7) is 4.17. The summed E-state index contributed by atoms with van der Waals surface area (Å²) < 4.78 is 41.3. The highest BCUT2D eigenvalue weighted by atomic mass is 35.5. The van der Waals surface area contributed by atoms with Gasteiger partial charge < -0.3 is 25.7 Å². The van der Waals surface area contributed by atoms with Crippen molar-refractivity contribution < 1.29 is 27.4 Å². The first kappa shape index (κ1) is 30.2. The van der Waals surface area contributed by atoms with Crippen molar-refractivity contribution in [3.05, 3.63) is 47.0 Å². The summed E-state index contributed by atoms with van der Waals surface area (Å²) in [4.78, 5) is 20.2. The van der Waals surface area contributed by atoms with Crippen LogP contribution >= 0.6 is 12.4 Å². The quantitative estimate of drug-likeness (QED) is 0.342. The monoisotopic (exact) mass is 555 g/mol. The second-order valence-corrected chi connectivity index (χ2v) is 10.5. The van der Waals surface area contributed by atoms with Gasteiger partial charge in [0.2, 0.25) is 5.75 Å². The molecule has 13 heteroatoms. The molecule has 4 N–H and O–H groups in total. The fraction of sp³-hybridized carbons (Fsp3) is 0.417. The summed E-state index contributed by atoms with van der Waals surface area (Å²) in [7, 11) is 1.19. The topological polar surface area (TPSA) is 150 Å². The molecule has 0 spiro atoms. The van der Waals surface area contributed by atoms with Gasteiger partial charge in [-0.1, -0.05) is 12.1 Å². The van der Waals surface area contributed by atoms with Crippen molar-refractivity contribution in [1.29, 1.82) is 0 Å². The fourth-order valence-corrected chi connectivity index (χ4v) is 5.17. The van der Waals surface area contributed by atoms with Gasteiger partial charge in [0.15, 0.2) is 27.3 Å². The van der Waals surface area contributed by atoms with Crippen LogP contribution in [-0.4, -0.2) is 83.8 Å². The Hall–Kier alpha value is -3.06. The lowest BCUT2D eigenvalue weighted by molar-refractivity contribution is 0.100. The van der Waals surface area contributed by atoms with Crippen molar-refractivity contribution in [2.24, 2.45) is 16.5 Å². The van der Waals surface area contributed by atoms with E-state index < -0.39 is 15.7 Å². The number of hydrogen-bond acceptors (Lipinski definition) is 8. The number of rotatable bonds is 9. The molecule has 1 aliphatic heterocycles. The van der Waals surface area contributed by atoms with Gasteiger partial charge in [-0.25, -0.2) is 8.42 Å². The summed E-state index contributed by atoms with van der Waals surface area (Å²) in [5.41, 5.74) is 12.3. The van der Waals surface area contributed by atoms with Crippen LogP contribution in [0, 0.1) is 0 Å². The van der Waals surface area contributed by atoms with Crippen molar-refractivity contribution in [3.63, 3.8) is 0 Å². The molecule has 1 fully saturated rings. The normalized spacial score (nSPS) is 14.4. The molecule has 1 heterocycles. The number of hydrogen-bond donors (Lipinski definition) is 2. The van der Waals surface area contributed by atoms with Gasteiger partial charge in [-0.15, -0.1) is 12.4 Å². The zero-order valence-electron chi connectivity index (χ0n) is 21.4. The number of aliphatic imine (C=N–C) groups is 1. The van der Waals surface area contributed by atoms with E-state index in [0.717, 1.165) is 38.0 Å². The molecule has 0 radical (unpaired) electrons. The lowest BCUT2D eigenvalue weighted by Gasteiger charge is -2.35. The average Bonchev–Trinajstić information content (AvgIpc) is 2.83. The molecule has 1 aliphatic rings. The summed E-state index contributed by atoms with van der Waals surface area (Å²) in [5, 5.41) is 0. The summed E-state index contributed by atoms with van der Waals surface area (Å²) in [6, 6.07) is 8.35. The van der Waals surface area contributed by atoms with Crippen LogP contribution < -0.4 is 25.7 Å². The zero-order valence-corrected chi connectivity index (χ0v) is 23.0. The number of ether oxygens (including phenoxy) is 3. The maximum absolute atomic E-state index is 12.5. The molecule has 3 rings (SSSR count). The Morgan fingerprint density at radius 2 is 1.43 bits per heavy atom. The van der Waals surface area contributed by atoms with Crippen LogP contribution in [0.3, 0.4) is 0 Å². The Morgan fingerprint density at radius 1 is 0.892 bits per heavy atom. The smallest absolute Gasteiger partial charge is 0.280 e. The highest BCUT2D eigenvalue weighted by Gasteiger charge is 2.23. The SMILES string of the molecule is COc1ccc(CN2CCN(Cc3ccc(C(=O)N=C(N)N)cc3S(C)(=O)=O)CC2)c(OC)c1OC.Cl. The average molecular weight is 556 g/mol. The fourth-order valence-electron chi connectivity index (χ4n) is 4.22. The molecule has 0 unspecified atom stereocenters. The Labute approximate surface area is 223 Å². The number of nitrogens with two attached hydrogens (primary N) is 2. The van der Waals surface area contributed by atoms with E-state index in [1.165, 1.54) is 6.07 Å². The van der Waals surface area contributed by atoms with Crippen molar-refractivity contribution in [1.82, 2.24) is 9.80 Å². The van der Waals surface area contributed by atoms with Crippen LogP contribution in [0.1, 0.15) is 21.5 Å². The molecule has 0 saturated carbocycles. The van der Waals surface area contributed by atoms with Crippen LogP contribution in [0.2, 0.25) is 0 Å². The molecule has 204 valence electrons. The van der Waals surface area contributed by atoms with Crippen LogP contribution in [0.4, 0.5) is 0 Å². The minimum absolute atomic E-state index is 0. The van der Waals surface area contributed by atoms with Gasteiger partial charge in [0, 0.05) is 56.7 Å². The van der Waals surface area contributed by atoms with Gasteiger partial charge in [-0.05, 0) is 23.8 Å². The Morgan fingerprint density at radius 3 is 1.92 bits per heavy atom. The van der Waals surface area contributed by atoms with E-state index in [2.05, 4.69) is 14.8 Å². The van der Waals surface area contributed by atoms with E-state index >= 15 is 0 Å². The molecule has 2 aromatic carbocycles. The molecular weight excluding hydrogens is 522 g/mol. The van der Waals surface area contributed by atoms with Gasteiger partial charge in [-0.3, -0.25) is 14.6 Å². The lowest BCUT2D eigenvalue weighted by Crippen LogP contribution is -2.45. The van der Waals surface area contributed by atoms with E-state index in [-0.39, 0.29) is 28.8 Å². The number of sulfone groups is 1. The van der Waals surface area contributed by atoms with Crippen LogP contribution in [-0.2, 0) is 22.9 Å². The highest BCUT2D eigenvalue weighted by molar-refractivity contribution is 7.90. The van der Waals surface area contributed by atoms with E-state index in [9.17, 15) is 13.2 Å². The number of halogens is 1. The number of nitrogens with zero attached hydrogens (tertiary/aromatic N) is 3. The minimum atomic E-state index is -3.58. The second kappa shape index (κ2) is 13.0. The number of carbonyl (C=O) groups excluding carboxylic acids is 1.